The van der Waals surface area contributed by atoms with Gasteiger partial charge in [0.05, 0.1) is 13.2 Å². The number of likely N-dealkylation sites (N-methyl/N-ethyl adjacent to an activating group) is 1. The van der Waals surface area contributed by atoms with Crippen LogP contribution >= 0.6 is 0 Å². The molecular formula is C20H29NO2. The van der Waals surface area contributed by atoms with Gasteiger partial charge in [-0.3, -0.25) is 4.90 Å². The molecule has 0 aromatic heterocycles. The van der Waals surface area contributed by atoms with Gasteiger partial charge in [-0.05, 0) is 30.9 Å². The Morgan fingerprint density at radius 1 is 1.17 bits per heavy atom. The average molecular weight is 315 g/mol. The van der Waals surface area contributed by atoms with Crippen molar-refractivity contribution in [2.24, 2.45) is 5.92 Å². The van der Waals surface area contributed by atoms with Crippen LogP contribution in [-0.4, -0.2) is 41.4 Å². The lowest BCUT2D eigenvalue weighted by molar-refractivity contribution is -0.0173. The quantitative estimate of drug-likeness (QED) is 0.761. The number of aliphatic hydroxyl groups is 2. The fourth-order valence-corrected chi connectivity index (χ4v) is 3.47. The van der Waals surface area contributed by atoms with Crippen LogP contribution in [0.1, 0.15) is 44.6 Å². The standard InChI is InChI=1S/C20H29NO2/c1-2-21(16-17-22)15-9-8-14-20(23,19-12-6-7-13-19)18-10-4-3-5-11-18/h3-5,10-11,19,22-23H,2,6-7,12-17H2,1H3/t20-/m0/s1. The summed E-state index contributed by atoms with van der Waals surface area (Å²) in [6, 6.07) is 10.00. The summed E-state index contributed by atoms with van der Waals surface area (Å²) in [5, 5.41) is 20.4. The zero-order chi connectivity index (χ0) is 16.5. The minimum atomic E-state index is -0.835. The number of hydrogen-bond donors (Lipinski definition) is 2. The van der Waals surface area contributed by atoms with Crippen molar-refractivity contribution < 1.29 is 10.2 Å². The van der Waals surface area contributed by atoms with Crippen molar-refractivity contribution in [3.8, 4) is 11.8 Å². The minimum absolute atomic E-state index is 0.158. The fraction of sp³-hybridized carbons (Fsp3) is 0.600. The Kier molecular flexibility index (Phi) is 7.11. The summed E-state index contributed by atoms with van der Waals surface area (Å²) in [4.78, 5) is 2.10. The van der Waals surface area contributed by atoms with Crippen molar-refractivity contribution in [2.45, 2.75) is 44.6 Å². The van der Waals surface area contributed by atoms with Gasteiger partial charge < -0.3 is 10.2 Å². The van der Waals surface area contributed by atoms with Crippen LogP contribution < -0.4 is 0 Å². The SMILES string of the molecule is CCN(CC#CC[C@](O)(c1ccccc1)C1CCCC1)CCO. The number of benzene rings is 1. The van der Waals surface area contributed by atoms with Gasteiger partial charge in [-0.2, -0.15) is 0 Å². The molecule has 0 aliphatic heterocycles. The van der Waals surface area contributed by atoms with Gasteiger partial charge in [0.25, 0.3) is 0 Å². The van der Waals surface area contributed by atoms with E-state index in [0.717, 1.165) is 24.9 Å². The summed E-state index contributed by atoms with van der Waals surface area (Å²) in [7, 11) is 0. The van der Waals surface area contributed by atoms with E-state index < -0.39 is 5.60 Å². The molecule has 1 aliphatic rings. The summed E-state index contributed by atoms with van der Waals surface area (Å²) in [5.74, 6) is 6.68. The first-order chi connectivity index (χ1) is 11.2. The lowest BCUT2D eigenvalue weighted by atomic mass is 9.78. The second-order valence-electron chi connectivity index (χ2n) is 6.39. The molecule has 2 N–H and O–H groups in total. The molecular weight excluding hydrogens is 286 g/mol. The predicted molar refractivity (Wildman–Crippen MR) is 93.9 cm³/mol. The van der Waals surface area contributed by atoms with Crippen molar-refractivity contribution in [3.63, 3.8) is 0 Å². The Labute approximate surface area is 140 Å². The highest BCUT2D eigenvalue weighted by Gasteiger charge is 2.39. The van der Waals surface area contributed by atoms with E-state index in [0.29, 0.717) is 25.4 Å². The number of aliphatic hydroxyl groups excluding tert-OH is 1. The molecule has 3 nitrogen and oxygen atoms in total. The molecule has 1 aliphatic carbocycles. The van der Waals surface area contributed by atoms with Crippen LogP contribution in [0.3, 0.4) is 0 Å². The monoisotopic (exact) mass is 315 g/mol. The van der Waals surface area contributed by atoms with Crippen LogP contribution in [0.4, 0.5) is 0 Å². The van der Waals surface area contributed by atoms with Crippen LogP contribution in [0.25, 0.3) is 0 Å². The normalized spacial score (nSPS) is 17.7. The Bertz CT molecular complexity index is 513. The zero-order valence-electron chi connectivity index (χ0n) is 14.2. The van der Waals surface area contributed by atoms with Gasteiger partial charge in [0.15, 0.2) is 0 Å². The molecule has 126 valence electrons. The minimum Gasteiger partial charge on any atom is -0.395 e. The highest BCUT2D eigenvalue weighted by Crippen LogP contribution is 2.42. The van der Waals surface area contributed by atoms with Gasteiger partial charge in [0.2, 0.25) is 0 Å². The maximum Gasteiger partial charge on any atom is 0.103 e. The second kappa shape index (κ2) is 9.08. The van der Waals surface area contributed by atoms with Crippen molar-refractivity contribution >= 4 is 0 Å². The maximum absolute atomic E-state index is 11.4. The number of nitrogens with zero attached hydrogens (tertiary/aromatic N) is 1. The third-order valence-electron chi connectivity index (χ3n) is 4.95. The van der Waals surface area contributed by atoms with Crippen molar-refractivity contribution in [2.75, 3.05) is 26.2 Å². The molecule has 0 spiro atoms. The summed E-state index contributed by atoms with van der Waals surface area (Å²) in [5.41, 5.74) is 0.155. The van der Waals surface area contributed by atoms with Crippen LogP contribution in [0.5, 0.6) is 0 Å². The summed E-state index contributed by atoms with van der Waals surface area (Å²) in [6.45, 7) is 4.39. The molecule has 0 bridgehead atoms. The van der Waals surface area contributed by atoms with E-state index >= 15 is 0 Å². The van der Waals surface area contributed by atoms with Crippen LogP contribution in [0.2, 0.25) is 0 Å². The molecule has 3 heteroatoms. The molecule has 23 heavy (non-hydrogen) atoms. The first-order valence-electron chi connectivity index (χ1n) is 8.77. The highest BCUT2D eigenvalue weighted by molar-refractivity contribution is 5.26. The Morgan fingerprint density at radius 3 is 2.48 bits per heavy atom. The van der Waals surface area contributed by atoms with E-state index in [9.17, 15) is 5.11 Å². The molecule has 2 rings (SSSR count). The summed E-state index contributed by atoms with van der Waals surface area (Å²) in [6.07, 6.45) is 5.05. The predicted octanol–water partition coefficient (Wildman–Crippen LogP) is 2.77. The lowest BCUT2D eigenvalue weighted by Crippen LogP contribution is -2.33. The van der Waals surface area contributed by atoms with Crippen LogP contribution in [0, 0.1) is 17.8 Å². The van der Waals surface area contributed by atoms with Crippen LogP contribution in [0.15, 0.2) is 30.3 Å². The molecule has 1 atom stereocenters. The molecule has 0 saturated heterocycles. The average Bonchev–Trinajstić information content (AvgIpc) is 3.13. The van der Waals surface area contributed by atoms with Gasteiger partial charge in [-0.1, -0.05) is 61.9 Å². The molecule has 0 unspecified atom stereocenters. The molecule has 0 amide bonds. The van der Waals surface area contributed by atoms with Crippen molar-refractivity contribution in [1.29, 1.82) is 0 Å². The third kappa shape index (κ3) is 4.81. The second-order valence-corrected chi connectivity index (χ2v) is 6.39. The molecule has 0 radical (unpaired) electrons. The first kappa shape index (κ1) is 18.0. The van der Waals surface area contributed by atoms with E-state index in [4.69, 9.17) is 5.11 Å². The molecule has 1 aromatic rings. The smallest absolute Gasteiger partial charge is 0.103 e. The Hall–Kier alpha value is -1.34. The molecule has 0 heterocycles. The topological polar surface area (TPSA) is 43.7 Å². The third-order valence-corrected chi connectivity index (χ3v) is 4.95. The van der Waals surface area contributed by atoms with Crippen LogP contribution in [-0.2, 0) is 5.60 Å². The number of hydrogen-bond acceptors (Lipinski definition) is 3. The Morgan fingerprint density at radius 2 is 1.87 bits per heavy atom. The van der Waals surface area contributed by atoms with E-state index in [1.165, 1.54) is 12.8 Å². The Balaban J connectivity index is 2.07. The largest absolute Gasteiger partial charge is 0.395 e. The maximum atomic E-state index is 11.4. The van der Waals surface area contributed by atoms with Gasteiger partial charge in [-0.25, -0.2) is 0 Å². The fourth-order valence-electron chi connectivity index (χ4n) is 3.47. The van der Waals surface area contributed by atoms with Gasteiger partial charge in [0.1, 0.15) is 5.60 Å². The molecule has 1 fully saturated rings. The molecule has 1 saturated carbocycles. The summed E-state index contributed by atoms with van der Waals surface area (Å²) >= 11 is 0. The van der Waals surface area contributed by atoms with E-state index in [2.05, 4.69) is 23.7 Å². The van der Waals surface area contributed by atoms with Crippen molar-refractivity contribution in [3.05, 3.63) is 35.9 Å². The van der Waals surface area contributed by atoms with Gasteiger partial charge in [-0.15, -0.1) is 0 Å². The first-order valence-corrected chi connectivity index (χ1v) is 8.77. The number of rotatable bonds is 7. The van der Waals surface area contributed by atoms with E-state index in [1.807, 2.05) is 30.3 Å². The van der Waals surface area contributed by atoms with E-state index in [1.54, 1.807) is 0 Å². The zero-order valence-corrected chi connectivity index (χ0v) is 14.2. The lowest BCUT2D eigenvalue weighted by Gasteiger charge is -2.33. The summed E-state index contributed by atoms with van der Waals surface area (Å²) < 4.78 is 0. The van der Waals surface area contributed by atoms with Gasteiger partial charge >= 0.3 is 0 Å². The van der Waals surface area contributed by atoms with Gasteiger partial charge in [0, 0.05) is 13.0 Å². The van der Waals surface area contributed by atoms with Crippen molar-refractivity contribution in [1.82, 2.24) is 4.90 Å². The van der Waals surface area contributed by atoms with E-state index in [-0.39, 0.29) is 6.61 Å². The highest BCUT2D eigenvalue weighted by atomic mass is 16.3. The molecule has 1 aromatic carbocycles.